The summed E-state index contributed by atoms with van der Waals surface area (Å²) < 4.78 is 1.06. The average molecular weight is 365 g/mol. The first-order valence-electron chi connectivity index (χ1n) is 7.26. The third-order valence-corrected chi connectivity index (χ3v) is 5.01. The standard InChI is InChI=1S/C17H16N4S.K.H2O/c18-8-12-13(19)5-4-11(9-1-2-9)16(12)10-3-6-14-15(7-10)22-17(20)21-14;;/h3-9,18H,1-2,19H2,(H2,20,21);;1H2/q;+1;/p-1. The van der Waals surface area contributed by atoms with Gasteiger partial charge in [-0.3, -0.25) is 0 Å². The molecule has 1 aliphatic carbocycles. The summed E-state index contributed by atoms with van der Waals surface area (Å²) in [5.41, 5.74) is 17.7. The Hall–Kier alpha value is -0.804. The van der Waals surface area contributed by atoms with Crippen LogP contribution in [0.3, 0.4) is 0 Å². The molecule has 0 atom stereocenters. The van der Waals surface area contributed by atoms with Crippen molar-refractivity contribution in [2.24, 2.45) is 0 Å². The van der Waals surface area contributed by atoms with Crippen molar-refractivity contribution < 1.29 is 56.9 Å². The summed E-state index contributed by atoms with van der Waals surface area (Å²) in [5.74, 6) is 0.594. The molecule has 1 aromatic heterocycles. The Kier molecular flexibility index (Phi) is 6.19. The van der Waals surface area contributed by atoms with Crippen LogP contribution in [0.2, 0.25) is 0 Å². The molecule has 4 rings (SSSR count). The van der Waals surface area contributed by atoms with Gasteiger partial charge in [0.15, 0.2) is 5.13 Å². The number of rotatable bonds is 3. The zero-order valence-electron chi connectivity index (χ0n) is 13.4. The fourth-order valence-electron chi connectivity index (χ4n) is 2.96. The predicted octanol–water partition coefficient (Wildman–Crippen LogP) is 0.830. The van der Waals surface area contributed by atoms with Crippen molar-refractivity contribution in [2.75, 3.05) is 11.5 Å². The normalized spacial score (nSPS) is 13.2. The summed E-state index contributed by atoms with van der Waals surface area (Å²) in [7, 11) is 0. The molecule has 6 N–H and O–H groups in total. The van der Waals surface area contributed by atoms with Gasteiger partial charge in [-0.2, -0.15) is 0 Å². The fourth-order valence-corrected chi connectivity index (χ4v) is 3.74. The molecule has 0 saturated heterocycles. The summed E-state index contributed by atoms with van der Waals surface area (Å²) in [6.45, 7) is 0. The smallest absolute Gasteiger partial charge is 0.870 e. The minimum Gasteiger partial charge on any atom is -0.870 e. The summed E-state index contributed by atoms with van der Waals surface area (Å²) in [4.78, 5) is 4.30. The molecule has 1 aliphatic rings. The maximum atomic E-state index is 7.77. The molecule has 118 valence electrons. The Balaban J connectivity index is 0.00000104. The molecule has 7 heteroatoms. The summed E-state index contributed by atoms with van der Waals surface area (Å²) in [5, 5.41) is 8.34. The van der Waals surface area contributed by atoms with Gasteiger partial charge in [0.2, 0.25) is 0 Å². The first kappa shape index (κ1) is 19.5. The van der Waals surface area contributed by atoms with Gasteiger partial charge < -0.3 is 22.4 Å². The molecule has 0 spiro atoms. The molecule has 1 fully saturated rings. The van der Waals surface area contributed by atoms with Crippen LogP contribution in [0.4, 0.5) is 10.8 Å². The van der Waals surface area contributed by atoms with E-state index in [1.165, 1.54) is 36.0 Å². The second-order valence-corrected chi connectivity index (χ2v) is 6.75. The average Bonchev–Trinajstić information content (AvgIpc) is 3.27. The molecule has 1 heterocycles. The van der Waals surface area contributed by atoms with Crippen LogP contribution >= 0.6 is 11.3 Å². The van der Waals surface area contributed by atoms with Crippen molar-refractivity contribution >= 4 is 38.6 Å². The van der Waals surface area contributed by atoms with E-state index in [0.717, 1.165) is 26.9 Å². The third kappa shape index (κ3) is 3.43. The van der Waals surface area contributed by atoms with E-state index in [1.807, 2.05) is 12.1 Å². The molecule has 24 heavy (non-hydrogen) atoms. The second kappa shape index (κ2) is 7.61. The van der Waals surface area contributed by atoms with Crippen LogP contribution in [-0.4, -0.2) is 16.7 Å². The number of thiazole rings is 1. The van der Waals surface area contributed by atoms with E-state index in [-0.39, 0.29) is 56.9 Å². The van der Waals surface area contributed by atoms with E-state index in [0.29, 0.717) is 16.7 Å². The topological polar surface area (TPSA) is 119 Å². The summed E-state index contributed by atoms with van der Waals surface area (Å²) in [6, 6.07) is 10.2. The number of nitrogens with zero attached hydrogens (tertiary/aromatic N) is 1. The summed E-state index contributed by atoms with van der Waals surface area (Å²) in [6.07, 6.45) is 3.79. The van der Waals surface area contributed by atoms with E-state index < -0.39 is 0 Å². The molecule has 1 saturated carbocycles. The van der Waals surface area contributed by atoms with Crippen LogP contribution in [0.1, 0.15) is 29.9 Å². The minimum absolute atomic E-state index is 0. The Morgan fingerprint density at radius 2 is 1.92 bits per heavy atom. The van der Waals surface area contributed by atoms with Gasteiger partial charge in [-0.1, -0.05) is 23.5 Å². The molecule has 0 unspecified atom stereocenters. The van der Waals surface area contributed by atoms with Crippen LogP contribution in [0.15, 0.2) is 30.3 Å². The van der Waals surface area contributed by atoms with Gasteiger partial charge in [0.05, 0.1) is 10.2 Å². The maximum Gasteiger partial charge on any atom is 1.00 e. The number of benzene rings is 2. The third-order valence-electron chi connectivity index (χ3n) is 4.17. The number of aromatic nitrogens is 1. The fraction of sp³-hybridized carbons (Fsp3) is 0.176. The molecular weight excluding hydrogens is 347 g/mol. The summed E-state index contributed by atoms with van der Waals surface area (Å²) >= 11 is 1.49. The van der Waals surface area contributed by atoms with Crippen molar-refractivity contribution in [3.8, 4) is 11.1 Å². The van der Waals surface area contributed by atoms with Crippen molar-refractivity contribution in [2.45, 2.75) is 18.8 Å². The minimum atomic E-state index is 0. The van der Waals surface area contributed by atoms with Crippen LogP contribution < -0.4 is 62.9 Å². The number of anilines is 2. The Morgan fingerprint density at radius 1 is 1.17 bits per heavy atom. The molecule has 0 aliphatic heterocycles. The predicted molar refractivity (Wildman–Crippen MR) is 95.7 cm³/mol. The molecule has 0 bridgehead atoms. The van der Waals surface area contributed by atoms with Gasteiger partial charge in [-0.15, -0.1) is 0 Å². The Morgan fingerprint density at radius 3 is 2.58 bits per heavy atom. The zero-order valence-corrected chi connectivity index (χ0v) is 17.4. The molecular formula is C17H17KN4OS. The number of nitrogen functional groups attached to an aromatic ring is 2. The number of hydrogen-bond acceptors (Lipinski definition) is 6. The van der Waals surface area contributed by atoms with Gasteiger partial charge in [0.25, 0.3) is 0 Å². The number of nitrogens with one attached hydrogen (secondary N) is 1. The first-order chi connectivity index (χ1) is 10.7. The van der Waals surface area contributed by atoms with Crippen molar-refractivity contribution in [3.05, 3.63) is 41.5 Å². The molecule has 2 aromatic carbocycles. The van der Waals surface area contributed by atoms with Gasteiger partial charge in [0.1, 0.15) is 0 Å². The van der Waals surface area contributed by atoms with Gasteiger partial charge >= 0.3 is 51.4 Å². The largest absolute Gasteiger partial charge is 1.00 e. The van der Waals surface area contributed by atoms with Crippen LogP contribution in [0, 0.1) is 5.41 Å². The first-order valence-corrected chi connectivity index (χ1v) is 8.08. The molecule has 3 aromatic rings. The number of fused-ring (bicyclic) bond motifs is 1. The van der Waals surface area contributed by atoms with Crippen LogP contribution in [0.5, 0.6) is 0 Å². The Bertz CT molecular complexity index is 905. The molecule has 0 radical (unpaired) electrons. The maximum absolute atomic E-state index is 7.77. The second-order valence-electron chi connectivity index (χ2n) is 5.69. The molecule has 0 amide bonds. The van der Waals surface area contributed by atoms with Crippen molar-refractivity contribution in [1.82, 2.24) is 4.98 Å². The molecule has 5 nitrogen and oxygen atoms in total. The van der Waals surface area contributed by atoms with E-state index in [4.69, 9.17) is 16.9 Å². The van der Waals surface area contributed by atoms with Crippen LogP contribution in [-0.2, 0) is 0 Å². The number of hydrogen-bond donors (Lipinski definition) is 3. The quantitative estimate of drug-likeness (QED) is 0.362. The van der Waals surface area contributed by atoms with Crippen molar-refractivity contribution in [1.29, 1.82) is 5.41 Å². The van der Waals surface area contributed by atoms with Crippen molar-refractivity contribution in [3.63, 3.8) is 0 Å². The van der Waals surface area contributed by atoms with E-state index in [2.05, 4.69) is 23.2 Å². The van der Waals surface area contributed by atoms with E-state index in [9.17, 15) is 0 Å². The van der Waals surface area contributed by atoms with Gasteiger partial charge in [-0.25, -0.2) is 4.98 Å². The van der Waals surface area contributed by atoms with Crippen LogP contribution in [0.25, 0.3) is 21.3 Å². The van der Waals surface area contributed by atoms with E-state index in [1.54, 1.807) is 0 Å². The van der Waals surface area contributed by atoms with E-state index >= 15 is 0 Å². The number of nitrogens with two attached hydrogens (primary N) is 2. The SMILES string of the molecule is N=Cc1c(N)ccc(C2CC2)c1-c1ccc2nc(N)sc2c1.[K+].[OH-]. The monoisotopic (exact) mass is 364 g/mol. The van der Waals surface area contributed by atoms with Gasteiger partial charge in [-0.05, 0) is 53.6 Å². The zero-order chi connectivity index (χ0) is 15.3. The Labute approximate surface area is 186 Å². The van der Waals surface area contributed by atoms with Gasteiger partial charge in [0, 0.05) is 17.5 Å².